The van der Waals surface area contributed by atoms with E-state index in [0.29, 0.717) is 37.6 Å². The number of hydrogen-bond donors (Lipinski definition) is 2. The maximum absolute atomic E-state index is 13.4. The number of morpholine rings is 1. The van der Waals surface area contributed by atoms with Crippen molar-refractivity contribution in [2.45, 2.75) is 31.2 Å². The van der Waals surface area contributed by atoms with Crippen LogP contribution in [-0.2, 0) is 10.3 Å². The Morgan fingerprint density at radius 3 is 2.33 bits per heavy atom. The smallest absolute Gasteiger partial charge is 0.319 e. The van der Waals surface area contributed by atoms with Gasteiger partial charge in [0.2, 0.25) is 0 Å². The van der Waals surface area contributed by atoms with E-state index >= 15 is 0 Å². The lowest BCUT2D eigenvalue weighted by Gasteiger charge is -2.31. The highest BCUT2D eigenvalue weighted by Crippen LogP contribution is 2.39. The molecule has 2 N–H and O–H groups in total. The summed E-state index contributed by atoms with van der Waals surface area (Å²) in [4.78, 5) is 27.6. The molecular formula is C23H26FN3O3. The molecule has 6 nitrogen and oxygen atoms in total. The SMILES string of the molecule is O=C(Nc1ccccc1C(=O)N1CCOCC1)NC1(c2ccc(F)cc2)CCCC1. The number of halogens is 1. The van der Waals surface area contributed by atoms with Gasteiger partial charge in [-0.2, -0.15) is 0 Å². The summed E-state index contributed by atoms with van der Waals surface area (Å²) in [5.41, 5.74) is 1.30. The second kappa shape index (κ2) is 8.83. The first-order valence-corrected chi connectivity index (χ1v) is 10.4. The molecule has 30 heavy (non-hydrogen) atoms. The van der Waals surface area contributed by atoms with Crippen LogP contribution in [0.25, 0.3) is 0 Å². The second-order valence-corrected chi connectivity index (χ2v) is 7.83. The number of urea groups is 1. The van der Waals surface area contributed by atoms with Gasteiger partial charge in [0.05, 0.1) is 30.0 Å². The highest BCUT2D eigenvalue weighted by molar-refractivity contribution is 6.03. The fourth-order valence-corrected chi connectivity index (χ4v) is 4.32. The average Bonchev–Trinajstić information content (AvgIpc) is 3.24. The topological polar surface area (TPSA) is 70.7 Å². The van der Waals surface area contributed by atoms with Crippen molar-refractivity contribution in [1.29, 1.82) is 0 Å². The Morgan fingerprint density at radius 1 is 0.967 bits per heavy atom. The molecule has 0 aromatic heterocycles. The van der Waals surface area contributed by atoms with Gasteiger partial charge >= 0.3 is 6.03 Å². The lowest BCUT2D eigenvalue weighted by molar-refractivity contribution is 0.0303. The van der Waals surface area contributed by atoms with E-state index in [2.05, 4.69) is 10.6 Å². The van der Waals surface area contributed by atoms with E-state index < -0.39 is 5.54 Å². The molecule has 4 rings (SSSR count). The Labute approximate surface area is 175 Å². The molecule has 0 unspecified atom stereocenters. The third kappa shape index (κ3) is 4.31. The number of carbonyl (C=O) groups excluding carboxylic acids is 2. The Kier molecular flexibility index (Phi) is 5.99. The fraction of sp³-hybridized carbons (Fsp3) is 0.391. The minimum absolute atomic E-state index is 0.122. The van der Waals surface area contributed by atoms with Crippen LogP contribution >= 0.6 is 0 Å². The van der Waals surface area contributed by atoms with Gasteiger partial charge in [0.15, 0.2) is 0 Å². The van der Waals surface area contributed by atoms with Gasteiger partial charge in [-0.15, -0.1) is 0 Å². The number of ether oxygens (including phenoxy) is 1. The number of amides is 3. The van der Waals surface area contributed by atoms with Crippen LogP contribution in [-0.4, -0.2) is 43.1 Å². The predicted molar refractivity (Wildman–Crippen MR) is 112 cm³/mol. The molecule has 2 aromatic carbocycles. The van der Waals surface area contributed by atoms with Crippen molar-refractivity contribution in [3.8, 4) is 0 Å². The molecule has 0 atom stereocenters. The van der Waals surface area contributed by atoms with Crippen molar-refractivity contribution < 1.29 is 18.7 Å². The molecule has 1 saturated carbocycles. The quantitative estimate of drug-likeness (QED) is 0.802. The first-order valence-electron chi connectivity index (χ1n) is 10.4. The number of rotatable bonds is 4. The van der Waals surface area contributed by atoms with Gasteiger partial charge in [0.25, 0.3) is 5.91 Å². The molecular weight excluding hydrogens is 385 g/mol. The summed E-state index contributed by atoms with van der Waals surface area (Å²) in [5.74, 6) is -0.421. The molecule has 1 saturated heterocycles. The largest absolute Gasteiger partial charge is 0.378 e. The standard InChI is InChI=1S/C23H26FN3O3/c24-18-9-7-17(8-10-18)23(11-3-4-12-23)26-22(29)25-20-6-2-1-5-19(20)21(28)27-13-15-30-16-14-27/h1-2,5-10H,3-4,11-16H2,(H2,25,26,29). The van der Waals surface area contributed by atoms with Crippen LogP contribution in [0.15, 0.2) is 48.5 Å². The van der Waals surface area contributed by atoms with Crippen LogP contribution in [0.4, 0.5) is 14.9 Å². The molecule has 0 radical (unpaired) electrons. The maximum atomic E-state index is 13.4. The number of carbonyl (C=O) groups is 2. The number of anilines is 1. The predicted octanol–water partition coefficient (Wildman–Crippen LogP) is 3.89. The third-order valence-corrected chi connectivity index (χ3v) is 5.91. The Bertz CT molecular complexity index is 904. The summed E-state index contributed by atoms with van der Waals surface area (Å²) in [6.07, 6.45) is 3.56. The molecule has 2 aliphatic rings. The first kappa shape index (κ1) is 20.3. The van der Waals surface area contributed by atoms with Crippen molar-refractivity contribution in [2.24, 2.45) is 0 Å². The Balaban J connectivity index is 1.51. The van der Waals surface area contributed by atoms with E-state index in [4.69, 9.17) is 4.74 Å². The van der Waals surface area contributed by atoms with Crippen LogP contribution in [0, 0.1) is 5.82 Å². The van der Waals surface area contributed by atoms with Crippen LogP contribution in [0.2, 0.25) is 0 Å². The van der Waals surface area contributed by atoms with Crippen molar-refractivity contribution in [2.75, 3.05) is 31.6 Å². The van der Waals surface area contributed by atoms with E-state index in [9.17, 15) is 14.0 Å². The van der Waals surface area contributed by atoms with Gasteiger partial charge in [-0.3, -0.25) is 4.79 Å². The summed E-state index contributed by atoms with van der Waals surface area (Å²) >= 11 is 0. The molecule has 158 valence electrons. The van der Waals surface area contributed by atoms with Crippen molar-refractivity contribution in [1.82, 2.24) is 10.2 Å². The van der Waals surface area contributed by atoms with Gasteiger partial charge in [-0.1, -0.05) is 37.1 Å². The van der Waals surface area contributed by atoms with Crippen LogP contribution in [0.1, 0.15) is 41.6 Å². The van der Waals surface area contributed by atoms with E-state index in [1.165, 1.54) is 12.1 Å². The zero-order chi connectivity index (χ0) is 21.0. The number of para-hydroxylation sites is 1. The zero-order valence-corrected chi connectivity index (χ0v) is 16.8. The number of nitrogens with zero attached hydrogens (tertiary/aromatic N) is 1. The van der Waals surface area contributed by atoms with Gasteiger partial charge in [0, 0.05) is 13.1 Å². The number of benzene rings is 2. The molecule has 1 aliphatic heterocycles. The monoisotopic (exact) mass is 411 g/mol. The average molecular weight is 411 g/mol. The molecule has 0 spiro atoms. The Hall–Kier alpha value is -2.93. The second-order valence-electron chi connectivity index (χ2n) is 7.83. The maximum Gasteiger partial charge on any atom is 0.319 e. The van der Waals surface area contributed by atoms with Crippen LogP contribution < -0.4 is 10.6 Å². The van der Waals surface area contributed by atoms with E-state index in [1.54, 1.807) is 41.3 Å². The Morgan fingerprint density at radius 2 is 1.63 bits per heavy atom. The van der Waals surface area contributed by atoms with Crippen molar-refractivity contribution in [3.05, 3.63) is 65.5 Å². The highest BCUT2D eigenvalue weighted by Gasteiger charge is 2.37. The van der Waals surface area contributed by atoms with Gasteiger partial charge in [-0.05, 0) is 42.7 Å². The zero-order valence-electron chi connectivity index (χ0n) is 16.8. The third-order valence-electron chi connectivity index (χ3n) is 5.91. The molecule has 3 amide bonds. The van der Waals surface area contributed by atoms with Crippen molar-refractivity contribution >= 4 is 17.6 Å². The first-order chi connectivity index (χ1) is 14.6. The van der Waals surface area contributed by atoms with E-state index in [0.717, 1.165) is 31.2 Å². The van der Waals surface area contributed by atoms with E-state index in [1.807, 2.05) is 0 Å². The summed E-state index contributed by atoms with van der Waals surface area (Å²) in [6.45, 7) is 2.10. The van der Waals surface area contributed by atoms with Crippen molar-refractivity contribution in [3.63, 3.8) is 0 Å². The minimum Gasteiger partial charge on any atom is -0.378 e. The molecule has 0 bridgehead atoms. The number of nitrogens with one attached hydrogen (secondary N) is 2. The molecule has 2 fully saturated rings. The lowest BCUT2D eigenvalue weighted by Crippen LogP contribution is -2.46. The van der Waals surface area contributed by atoms with Crippen LogP contribution in [0.3, 0.4) is 0 Å². The van der Waals surface area contributed by atoms with Gasteiger partial charge < -0.3 is 20.3 Å². The van der Waals surface area contributed by atoms with Gasteiger partial charge in [-0.25, -0.2) is 9.18 Å². The summed E-state index contributed by atoms with van der Waals surface area (Å²) in [6, 6.07) is 13.0. The summed E-state index contributed by atoms with van der Waals surface area (Å²) in [7, 11) is 0. The summed E-state index contributed by atoms with van der Waals surface area (Å²) < 4.78 is 18.7. The molecule has 1 heterocycles. The highest BCUT2D eigenvalue weighted by atomic mass is 19.1. The van der Waals surface area contributed by atoms with E-state index in [-0.39, 0.29) is 17.8 Å². The van der Waals surface area contributed by atoms with Gasteiger partial charge in [0.1, 0.15) is 5.82 Å². The molecule has 1 aliphatic carbocycles. The molecule has 7 heteroatoms. The van der Waals surface area contributed by atoms with Crippen LogP contribution in [0.5, 0.6) is 0 Å². The lowest BCUT2D eigenvalue weighted by atomic mass is 9.88. The normalized spacial score (nSPS) is 18.1. The fourth-order valence-electron chi connectivity index (χ4n) is 4.32. The summed E-state index contributed by atoms with van der Waals surface area (Å²) in [5, 5.41) is 5.97. The molecule has 2 aromatic rings. The number of hydrogen-bond acceptors (Lipinski definition) is 3. The minimum atomic E-state index is -0.527.